The maximum atomic E-state index is 11.2. The Labute approximate surface area is 94.6 Å². The van der Waals surface area contributed by atoms with Gasteiger partial charge in [-0.25, -0.2) is 0 Å². The molecule has 0 heterocycles. The van der Waals surface area contributed by atoms with Gasteiger partial charge in [0, 0.05) is 12.6 Å². The molecule has 0 saturated carbocycles. The van der Waals surface area contributed by atoms with Gasteiger partial charge in [-0.3, -0.25) is 4.79 Å². The third-order valence-corrected chi connectivity index (χ3v) is 1.93. The zero-order chi connectivity index (χ0) is 11.8. The fraction of sp³-hybridized carbons (Fsp3) is 0.250. The van der Waals surface area contributed by atoms with Crippen LogP contribution in [0.5, 0.6) is 5.75 Å². The predicted molar refractivity (Wildman–Crippen MR) is 62.1 cm³/mol. The van der Waals surface area contributed by atoms with E-state index in [4.69, 9.17) is 9.84 Å². The Bertz CT molecular complexity index is 374. The molecule has 86 valence electrons. The molecular formula is C12H15NO3. The molecule has 4 heteroatoms. The number of rotatable bonds is 5. The largest absolute Gasteiger partial charge is 0.497 e. The molecule has 0 atom stereocenters. The van der Waals surface area contributed by atoms with Gasteiger partial charge >= 0.3 is 0 Å². The average Bonchev–Trinajstić information content (AvgIpc) is 2.34. The van der Waals surface area contributed by atoms with Crippen molar-refractivity contribution in [1.82, 2.24) is 5.32 Å². The van der Waals surface area contributed by atoms with Gasteiger partial charge in [0.05, 0.1) is 13.7 Å². The Morgan fingerprint density at radius 2 is 2.38 bits per heavy atom. The van der Waals surface area contributed by atoms with Gasteiger partial charge in [-0.05, 0) is 23.8 Å². The molecule has 0 saturated heterocycles. The number of methoxy groups -OCH3 is 1. The second-order valence-corrected chi connectivity index (χ2v) is 3.12. The number of nitrogens with one attached hydrogen (secondary N) is 1. The number of hydrogen-bond acceptors (Lipinski definition) is 3. The van der Waals surface area contributed by atoms with Crippen molar-refractivity contribution in [1.29, 1.82) is 0 Å². The molecular weight excluding hydrogens is 206 g/mol. The summed E-state index contributed by atoms with van der Waals surface area (Å²) in [6, 6.07) is 7.39. The number of aliphatic hydroxyl groups is 1. The standard InChI is InChI=1S/C12H15NO3/c1-16-11-4-2-3-10(9-11)5-6-12(15)13-7-8-14/h2-6,9,14H,7-8H2,1H3,(H,13,15)/b6-5+. The second-order valence-electron chi connectivity index (χ2n) is 3.12. The van der Waals surface area contributed by atoms with E-state index in [1.165, 1.54) is 6.08 Å². The summed E-state index contributed by atoms with van der Waals surface area (Å²) in [6.45, 7) is 0.208. The van der Waals surface area contributed by atoms with Gasteiger partial charge in [-0.2, -0.15) is 0 Å². The van der Waals surface area contributed by atoms with Crippen LogP contribution in [0.2, 0.25) is 0 Å². The Morgan fingerprint density at radius 3 is 3.06 bits per heavy atom. The summed E-state index contributed by atoms with van der Waals surface area (Å²) in [5.74, 6) is 0.523. The normalized spacial score (nSPS) is 10.4. The van der Waals surface area contributed by atoms with Crippen LogP contribution in [0.1, 0.15) is 5.56 Å². The van der Waals surface area contributed by atoms with Gasteiger partial charge in [0.15, 0.2) is 0 Å². The lowest BCUT2D eigenvalue weighted by atomic mass is 10.2. The molecule has 0 aliphatic rings. The number of ether oxygens (including phenoxy) is 1. The SMILES string of the molecule is COc1cccc(/C=C/C(=O)NCCO)c1. The second kappa shape index (κ2) is 6.63. The third-order valence-electron chi connectivity index (χ3n) is 1.93. The van der Waals surface area contributed by atoms with Crippen LogP contribution in [0.4, 0.5) is 0 Å². The number of amides is 1. The van der Waals surface area contributed by atoms with E-state index in [1.54, 1.807) is 13.2 Å². The zero-order valence-electron chi connectivity index (χ0n) is 9.14. The number of benzene rings is 1. The number of carbonyl (C=O) groups excluding carboxylic acids is 1. The topological polar surface area (TPSA) is 58.6 Å². The summed E-state index contributed by atoms with van der Waals surface area (Å²) in [5.41, 5.74) is 0.887. The first kappa shape index (κ1) is 12.3. The highest BCUT2D eigenvalue weighted by Gasteiger charge is 1.94. The van der Waals surface area contributed by atoms with E-state index in [9.17, 15) is 4.79 Å². The molecule has 0 bridgehead atoms. The highest BCUT2D eigenvalue weighted by Crippen LogP contribution is 2.13. The van der Waals surface area contributed by atoms with Crippen molar-refractivity contribution in [3.8, 4) is 5.75 Å². The number of hydrogen-bond donors (Lipinski definition) is 2. The fourth-order valence-corrected chi connectivity index (χ4v) is 1.16. The quantitative estimate of drug-likeness (QED) is 0.724. The van der Waals surface area contributed by atoms with E-state index in [2.05, 4.69) is 5.32 Å². The van der Waals surface area contributed by atoms with Crippen molar-refractivity contribution < 1.29 is 14.6 Å². The Kier molecular flexibility index (Phi) is 5.08. The first-order chi connectivity index (χ1) is 7.76. The predicted octanol–water partition coefficient (Wildman–Crippen LogP) is 0.817. The van der Waals surface area contributed by atoms with Crippen molar-refractivity contribution in [2.75, 3.05) is 20.3 Å². The molecule has 16 heavy (non-hydrogen) atoms. The van der Waals surface area contributed by atoms with Gasteiger partial charge in [0.25, 0.3) is 0 Å². The van der Waals surface area contributed by atoms with Crippen LogP contribution in [0.3, 0.4) is 0 Å². The highest BCUT2D eigenvalue weighted by molar-refractivity contribution is 5.91. The van der Waals surface area contributed by atoms with Gasteiger partial charge in [-0.1, -0.05) is 12.1 Å². The van der Waals surface area contributed by atoms with Crippen LogP contribution in [0, 0.1) is 0 Å². The molecule has 0 aromatic heterocycles. The van der Waals surface area contributed by atoms with Gasteiger partial charge in [-0.15, -0.1) is 0 Å². The van der Waals surface area contributed by atoms with Crippen LogP contribution in [0.25, 0.3) is 6.08 Å². The van der Waals surface area contributed by atoms with Crippen molar-refractivity contribution >= 4 is 12.0 Å². The Hall–Kier alpha value is -1.81. The van der Waals surface area contributed by atoms with Crippen LogP contribution < -0.4 is 10.1 Å². The summed E-state index contributed by atoms with van der Waals surface area (Å²) in [7, 11) is 1.59. The lowest BCUT2D eigenvalue weighted by molar-refractivity contribution is -0.116. The maximum Gasteiger partial charge on any atom is 0.244 e. The Morgan fingerprint density at radius 1 is 1.56 bits per heavy atom. The monoisotopic (exact) mass is 221 g/mol. The average molecular weight is 221 g/mol. The van der Waals surface area contributed by atoms with Crippen LogP contribution in [-0.2, 0) is 4.79 Å². The summed E-state index contributed by atoms with van der Waals surface area (Å²) in [4.78, 5) is 11.2. The molecule has 0 aliphatic heterocycles. The van der Waals surface area contributed by atoms with Crippen LogP contribution in [-0.4, -0.2) is 31.3 Å². The van der Waals surface area contributed by atoms with Crippen molar-refractivity contribution in [2.45, 2.75) is 0 Å². The lowest BCUT2D eigenvalue weighted by Gasteiger charge is -2.00. The molecule has 0 radical (unpaired) electrons. The van der Waals surface area contributed by atoms with E-state index < -0.39 is 0 Å². The smallest absolute Gasteiger partial charge is 0.244 e. The molecule has 0 fully saturated rings. The minimum atomic E-state index is -0.225. The minimum absolute atomic E-state index is 0.0568. The summed E-state index contributed by atoms with van der Waals surface area (Å²) < 4.78 is 5.06. The Balaban J connectivity index is 2.58. The molecule has 1 amide bonds. The van der Waals surface area contributed by atoms with Gasteiger partial charge < -0.3 is 15.2 Å². The highest BCUT2D eigenvalue weighted by atomic mass is 16.5. The first-order valence-electron chi connectivity index (χ1n) is 4.97. The van der Waals surface area contributed by atoms with Crippen molar-refractivity contribution in [3.63, 3.8) is 0 Å². The van der Waals surface area contributed by atoms with E-state index in [0.717, 1.165) is 11.3 Å². The molecule has 0 spiro atoms. The van der Waals surface area contributed by atoms with Crippen molar-refractivity contribution in [2.24, 2.45) is 0 Å². The molecule has 2 N–H and O–H groups in total. The van der Waals surface area contributed by atoms with Gasteiger partial charge in [0.2, 0.25) is 5.91 Å². The third kappa shape index (κ3) is 4.14. The summed E-state index contributed by atoms with van der Waals surface area (Å²) >= 11 is 0. The summed E-state index contributed by atoms with van der Waals surface area (Å²) in [5, 5.41) is 11.0. The number of carbonyl (C=O) groups is 1. The van der Waals surface area contributed by atoms with E-state index in [1.807, 2.05) is 24.3 Å². The van der Waals surface area contributed by atoms with Crippen LogP contribution >= 0.6 is 0 Å². The van der Waals surface area contributed by atoms with E-state index in [-0.39, 0.29) is 19.1 Å². The first-order valence-corrected chi connectivity index (χ1v) is 4.97. The molecule has 1 aromatic rings. The lowest BCUT2D eigenvalue weighted by Crippen LogP contribution is -2.24. The molecule has 1 aromatic carbocycles. The molecule has 0 aliphatic carbocycles. The minimum Gasteiger partial charge on any atom is -0.497 e. The van der Waals surface area contributed by atoms with E-state index >= 15 is 0 Å². The van der Waals surface area contributed by atoms with Crippen LogP contribution in [0.15, 0.2) is 30.3 Å². The van der Waals surface area contributed by atoms with E-state index in [0.29, 0.717) is 0 Å². The van der Waals surface area contributed by atoms with Gasteiger partial charge in [0.1, 0.15) is 5.75 Å². The molecule has 0 unspecified atom stereocenters. The maximum absolute atomic E-state index is 11.2. The van der Waals surface area contributed by atoms with Crippen molar-refractivity contribution in [3.05, 3.63) is 35.9 Å². The summed E-state index contributed by atoms with van der Waals surface area (Å²) in [6.07, 6.45) is 3.11. The molecule has 1 rings (SSSR count). The number of aliphatic hydroxyl groups excluding tert-OH is 1. The zero-order valence-corrected chi connectivity index (χ0v) is 9.14. The molecule has 4 nitrogen and oxygen atoms in total. The fourth-order valence-electron chi connectivity index (χ4n) is 1.16.